The highest BCUT2D eigenvalue weighted by atomic mass is 16.6. The quantitative estimate of drug-likeness (QED) is 0.440. The van der Waals surface area contributed by atoms with Gasteiger partial charge in [0.25, 0.3) is 5.69 Å². The third-order valence-electron chi connectivity index (χ3n) is 3.09. The number of non-ortho nitro benzene ring substituents is 1. The molecule has 0 aliphatic rings. The number of nitro groups is 1. The van der Waals surface area contributed by atoms with Gasteiger partial charge in [0.05, 0.1) is 29.5 Å². The third-order valence-corrected chi connectivity index (χ3v) is 3.09. The highest BCUT2D eigenvalue weighted by Crippen LogP contribution is 2.29. The van der Waals surface area contributed by atoms with E-state index in [1.165, 1.54) is 12.1 Å². The van der Waals surface area contributed by atoms with Crippen molar-refractivity contribution in [3.8, 4) is 11.5 Å². The first-order valence-corrected chi connectivity index (χ1v) is 7.96. The van der Waals surface area contributed by atoms with E-state index in [0.717, 1.165) is 5.56 Å². The molecule has 7 nitrogen and oxygen atoms in total. The summed E-state index contributed by atoms with van der Waals surface area (Å²) in [5.74, 6) is 1.33. The van der Waals surface area contributed by atoms with Crippen LogP contribution in [0, 0.1) is 10.1 Å². The Kier molecular flexibility index (Phi) is 6.33. The van der Waals surface area contributed by atoms with E-state index in [1.807, 2.05) is 39.0 Å². The summed E-state index contributed by atoms with van der Waals surface area (Å²) in [5, 5.41) is 14.9. The van der Waals surface area contributed by atoms with E-state index in [0.29, 0.717) is 23.8 Å². The molecule has 2 rings (SSSR count). The zero-order valence-electron chi connectivity index (χ0n) is 14.4. The maximum Gasteiger partial charge on any atom is 0.271 e. The first kappa shape index (κ1) is 18.3. The van der Waals surface area contributed by atoms with Gasteiger partial charge in [-0.15, -0.1) is 0 Å². The van der Waals surface area contributed by atoms with Crippen LogP contribution in [-0.4, -0.2) is 23.8 Å². The molecule has 7 heteroatoms. The van der Waals surface area contributed by atoms with E-state index < -0.39 is 4.92 Å². The van der Waals surface area contributed by atoms with Crippen molar-refractivity contribution in [3.63, 3.8) is 0 Å². The lowest BCUT2D eigenvalue weighted by atomic mass is 10.2. The molecule has 2 aromatic rings. The zero-order valence-corrected chi connectivity index (χ0v) is 14.4. The van der Waals surface area contributed by atoms with Gasteiger partial charge in [-0.3, -0.25) is 15.5 Å². The Morgan fingerprint density at radius 1 is 1.24 bits per heavy atom. The lowest BCUT2D eigenvalue weighted by molar-refractivity contribution is -0.384. The zero-order chi connectivity index (χ0) is 18.2. The molecule has 0 amide bonds. The Labute approximate surface area is 146 Å². The molecule has 0 saturated carbocycles. The average molecular weight is 343 g/mol. The Morgan fingerprint density at radius 2 is 2.04 bits per heavy atom. The Hall–Kier alpha value is -3.09. The van der Waals surface area contributed by atoms with Gasteiger partial charge < -0.3 is 9.47 Å². The SMILES string of the molecule is CCOc1cc(C=NNc2cccc([N+](=O)[O-])c2)ccc1OC(C)C. The van der Waals surface area contributed by atoms with Crippen molar-refractivity contribution in [1.82, 2.24) is 0 Å². The molecule has 2 aromatic carbocycles. The number of rotatable bonds is 8. The fourth-order valence-corrected chi connectivity index (χ4v) is 2.09. The van der Waals surface area contributed by atoms with Gasteiger partial charge in [-0.05, 0) is 50.6 Å². The predicted molar refractivity (Wildman–Crippen MR) is 97.7 cm³/mol. The van der Waals surface area contributed by atoms with Crippen molar-refractivity contribution in [2.45, 2.75) is 26.9 Å². The van der Waals surface area contributed by atoms with Crippen LogP contribution in [0.3, 0.4) is 0 Å². The number of nitro benzene ring substituents is 1. The third kappa shape index (κ3) is 5.49. The van der Waals surface area contributed by atoms with Crippen LogP contribution in [0.15, 0.2) is 47.6 Å². The maximum atomic E-state index is 10.8. The van der Waals surface area contributed by atoms with Crippen LogP contribution < -0.4 is 14.9 Å². The van der Waals surface area contributed by atoms with Crippen LogP contribution in [-0.2, 0) is 0 Å². The van der Waals surface area contributed by atoms with E-state index in [-0.39, 0.29) is 11.8 Å². The molecule has 25 heavy (non-hydrogen) atoms. The minimum Gasteiger partial charge on any atom is -0.490 e. The topological polar surface area (TPSA) is 86.0 Å². The summed E-state index contributed by atoms with van der Waals surface area (Å²) in [4.78, 5) is 10.3. The van der Waals surface area contributed by atoms with Crippen molar-refractivity contribution in [2.24, 2.45) is 5.10 Å². The molecular weight excluding hydrogens is 322 g/mol. The number of hydrazone groups is 1. The molecule has 0 unspecified atom stereocenters. The summed E-state index contributed by atoms with van der Waals surface area (Å²) in [7, 11) is 0. The fraction of sp³-hybridized carbons (Fsp3) is 0.278. The molecule has 0 spiro atoms. The van der Waals surface area contributed by atoms with Gasteiger partial charge in [0.15, 0.2) is 11.5 Å². The molecule has 0 aliphatic heterocycles. The summed E-state index contributed by atoms with van der Waals surface area (Å²) in [6.07, 6.45) is 1.66. The first-order chi connectivity index (χ1) is 12.0. The second kappa shape index (κ2) is 8.68. The average Bonchev–Trinajstić information content (AvgIpc) is 2.57. The lowest BCUT2D eigenvalue weighted by Gasteiger charge is -2.14. The molecule has 0 bridgehead atoms. The molecular formula is C18H21N3O4. The van der Waals surface area contributed by atoms with Crippen molar-refractivity contribution in [1.29, 1.82) is 0 Å². The van der Waals surface area contributed by atoms with Gasteiger partial charge in [-0.25, -0.2) is 0 Å². The molecule has 0 aromatic heterocycles. The van der Waals surface area contributed by atoms with Gasteiger partial charge in [-0.2, -0.15) is 5.10 Å². The highest BCUT2D eigenvalue weighted by Gasteiger charge is 2.08. The Bertz CT molecular complexity index is 760. The number of anilines is 1. The van der Waals surface area contributed by atoms with Crippen molar-refractivity contribution >= 4 is 17.6 Å². The summed E-state index contributed by atoms with van der Waals surface area (Å²) in [5.41, 5.74) is 4.14. The van der Waals surface area contributed by atoms with Gasteiger partial charge >= 0.3 is 0 Å². The predicted octanol–water partition coefficient (Wildman–Crippen LogP) is 4.23. The number of nitrogens with one attached hydrogen (secondary N) is 1. The van der Waals surface area contributed by atoms with Crippen molar-refractivity contribution in [3.05, 3.63) is 58.1 Å². The number of nitrogens with zero attached hydrogens (tertiary/aromatic N) is 2. The lowest BCUT2D eigenvalue weighted by Crippen LogP contribution is -2.07. The number of benzene rings is 2. The van der Waals surface area contributed by atoms with Crippen LogP contribution in [0.25, 0.3) is 0 Å². The first-order valence-electron chi connectivity index (χ1n) is 7.96. The maximum absolute atomic E-state index is 10.8. The second-order valence-electron chi connectivity index (χ2n) is 5.48. The Morgan fingerprint density at radius 3 is 2.72 bits per heavy atom. The molecule has 0 radical (unpaired) electrons. The van der Waals surface area contributed by atoms with Crippen molar-refractivity contribution in [2.75, 3.05) is 12.0 Å². The number of ether oxygens (including phenoxy) is 2. The van der Waals surface area contributed by atoms with Crippen molar-refractivity contribution < 1.29 is 14.4 Å². The van der Waals surface area contributed by atoms with Crippen LogP contribution >= 0.6 is 0 Å². The van der Waals surface area contributed by atoms with Gasteiger partial charge in [0.1, 0.15) is 0 Å². The minimum absolute atomic E-state index is 0.00835. The van der Waals surface area contributed by atoms with Crippen LogP contribution in [0.5, 0.6) is 11.5 Å². The molecule has 0 aliphatic carbocycles. The number of hydrogen-bond donors (Lipinski definition) is 1. The largest absolute Gasteiger partial charge is 0.490 e. The summed E-state index contributed by atoms with van der Waals surface area (Å²) in [6.45, 7) is 6.34. The van der Waals surface area contributed by atoms with E-state index in [9.17, 15) is 10.1 Å². The second-order valence-corrected chi connectivity index (χ2v) is 5.48. The van der Waals surface area contributed by atoms with Crippen LogP contribution in [0.2, 0.25) is 0 Å². The smallest absolute Gasteiger partial charge is 0.271 e. The number of hydrogen-bond acceptors (Lipinski definition) is 6. The van der Waals surface area contributed by atoms with E-state index in [2.05, 4.69) is 10.5 Å². The van der Waals surface area contributed by atoms with Gasteiger partial charge in [0.2, 0.25) is 0 Å². The minimum atomic E-state index is -0.448. The summed E-state index contributed by atoms with van der Waals surface area (Å²) < 4.78 is 11.3. The molecule has 0 fully saturated rings. The van der Waals surface area contributed by atoms with E-state index in [1.54, 1.807) is 18.3 Å². The highest BCUT2D eigenvalue weighted by molar-refractivity contribution is 5.81. The van der Waals surface area contributed by atoms with Gasteiger partial charge in [-0.1, -0.05) is 6.07 Å². The van der Waals surface area contributed by atoms with Crippen LogP contribution in [0.4, 0.5) is 11.4 Å². The summed E-state index contributed by atoms with van der Waals surface area (Å²) >= 11 is 0. The molecule has 1 N–H and O–H groups in total. The molecule has 132 valence electrons. The van der Waals surface area contributed by atoms with Crippen LogP contribution in [0.1, 0.15) is 26.3 Å². The monoisotopic (exact) mass is 343 g/mol. The van der Waals surface area contributed by atoms with E-state index in [4.69, 9.17) is 9.47 Å². The standard InChI is InChI=1S/C18H21N3O4/c1-4-24-18-10-14(8-9-17(18)25-13(2)3)12-19-20-15-6-5-7-16(11-15)21(22)23/h5-13,20H,4H2,1-3H3. The van der Waals surface area contributed by atoms with E-state index >= 15 is 0 Å². The Balaban J connectivity index is 2.11. The van der Waals surface area contributed by atoms with Gasteiger partial charge in [0, 0.05) is 12.1 Å². The molecule has 0 heterocycles. The normalized spacial score (nSPS) is 10.9. The fourth-order valence-electron chi connectivity index (χ4n) is 2.09. The molecule has 0 saturated heterocycles. The molecule has 0 atom stereocenters. The summed E-state index contributed by atoms with van der Waals surface area (Å²) in [6, 6.07) is 11.7.